The van der Waals surface area contributed by atoms with Gasteiger partial charge in [0.25, 0.3) is 5.91 Å². The maximum absolute atomic E-state index is 12.3. The summed E-state index contributed by atoms with van der Waals surface area (Å²) in [7, 11) is 0. The molecule has 26 heavy (non-hydrogen) atoms. The third kappa shape index (κ3) is 3.93. The molecule has 0 aliphatic carbocycles. The third-order valence-electron chi connectivity index (χ3n) is 3.51. The SMILES string of the molecule is NC(=O)C(CO)NC(=O)c1cc2c(Oc3ccc(Cl)cc3)cncc2s1. The standard InChI is InChI=1S/C17H14ClN3O4S/c18-9-1-3-10(4-2-9)25-13-6-20-7-15-11(13)5-14(26-15)17(24)21-12(8-22)16(19)23/h1-7,12,22H,8H2,(H2,19,23)(H,21,24). The van der Waals surface area contributed by atoms with Crippen molar-refractivity contribution in [2.75, 3.05) is 6.61 Å². The van der Waals surface area contributed by atoms with E-state index in [4.69, 9.17) is 27.2 Å². The fourth-order valence-corrected chi connectivity index (χ4v) is 3.27. The molecular weight excluding hydrogens is 378 g/mol. The number of amides is 2. The number of pyridine rings is 1. The predicted octanol–water partition coefficient (Wildman–Crippen LogP) is 2.32. The van der Waals surface area contributed by atoms with Crippen molar-refractivity contribution >= 4 is 44.8 Å². The minimum atomic E-state index is -1.14. The molecule has 4 N–H and O–H groups in total. The number of benzene rings is 1. The Morgan fingerprint density at radius 2 is 2.04 bits per heavy atom. The van der Waals surface area contributed by atoms with Crippen LogP contribution in [-0.4, -0.2) is 34.6 Å². The van der Waals surface area contributed by atoms with Gasteiger partial charge in [-0.05, 0) is 30.3 Å². The van der Waals surface area contributed by atoms with E-state index in [2.05, 4.69) is 10.3 Å². The molecule has 2 aromatic heterocycles. The first-order valence-corrected chi connectivity index (χ1v) is 8.69. The summed E-state index contributed by atoms with van der Waals surface area (Å²) < 4.78 is 6.56. The summed E-state index contributed by atoms with van der Waals surface area (Å²) in [6.07, 6.45) is 3.16. The van der Waals surface area contributed by atoms with E-state index < -0.39 is 24.5 Å². The number of nitrogens with zero attached hydrogens (tertiary/aromatic N) is 1. The van der Waals surface area contributed by atoms with Gasteiger partial charge in [-0.3, -0.25) is 14.6 Å². The zero-order chi connectivity index (χ0) is 18.7. The lowest BCUT2D eigenvalue weighted by Gasteiger charge is -2.11. The second-order valence-corrected chi connectivity index (χ2v) is 6.85. The Morgan fingerprint density at radius 1 is 1.31 bits per heavy atom. The first-order valence-electron chi connectivity index (χ1n) is 7.50. The molecule has 0 fully saturated rings. The van der Waals surface area contributed by atoms with Crippen molar-refractivity contribution in [3.63, 3.8) is 0 Å². The van der Waals surface area contributed by atoms with E-state index >= 15 is 0 Å². The van der Waals surface area contributed by atoms with E-state index in [1.807, 2.05) is 0 Å². The van der Waals surface area contributed by atoms with Gasteiger partial charge in [-0.1, -0.05) is 11.6 Å². The number of nitrogens with one attached hydrogen (secondary N) is 1. The molecule has 3 rings (SSSR count). The monoisotopic (exact) mass is 391 g/mol. The highest BCUT2D eigenvalue weighted by Gasteiger charge is 2.20. The summed E-state index contributed by atoms with van der Waals surface area (Å²) in [6.45, 7) is -0.571. The molecular formula is C17H14ClN3O4S. The fourth-order valence-electron chi connectivity index (χ4n) is 2.19. The lowest BCUT2D eigenvalue weighted by Crippen LogP contribution is -2.46. The number of aliphatic hydroxyl groups excluding tert-OH is 1. The van der Waals surface area contributed by atoms with Crippen LogP contribution in [-0.2, 0) is 4.79 Å². The van der Waals surface area contributed by atoms with Crippen LogP contribution in [0.5, 0.6) is 11.5 Å². The number of nitrogens with two attached hydrogens (primary N) is 1. The number of halogens is 1. The molecule has 0 saturated heterocycles. The highest BCUT2D eigenvalue weighted by molar-refractivity contribution is 7.20. The Hall–Kier alpha value is -2.68. The molecule has 2 amide bonds. The predicted molar refractivity (Wildman–Crippen MR) is 98.7 cm³/mol. The van der Waals surface area contributed by atoms with Gasteiger partial charge in [0.05, 0.1) is 22.4 Å². The quantitative estimate of drug-likeness (QED) is 0.596. The van der Waals surface area contributed by atoms with Crippen molar-refractivity contribution in [1.29, 1.82) is 0 Å². The molecule has 0 bridgehead atoms. The number of carbonyl (C=O) groups is 2. The summed E-state index contributed by atoms with van der Waals surface area (Å²) in [4.78, 5) is 27.9. The summed E-state index contributed by atoms with van der Waals surface area (Å²) in [5.74, 6) is -0.263. The van der Waals surface area contributed by atoms with Crippen molar-refractivity contribution in [1.82, 2.24) is 10.3 Å². The molecule has 1 atom stereocenters. The van der Waals surface area contributed by atoms with Crippen LogP contribution in [0.25, 0.3) is 10.1 Å². The maximum Gasteiger partial charge on any atom is 0.262 e. The van der Waals surface area contributed by atoms with Gasteiger partial charge in [0, 0.05) is 16.6 Å². The van der Waals surface area contributed by atoms with E-state index in [-0.39, 0.29) is 0 Å². The molecule has 1 aromatic carbocycles. The van der Waals surface area contributed by atoms with Crippen LogP contribution in [0.1, 0.15) is 9.67 Å². The summed E-state index contributed by atoms with van der Waals surface area (Å²) in [5.41, 5.74) is 5.12. The zero-order valence-corrected chi connectivity index (χ0v) is 14.9. The molecule has 1 unspecified atom stereocenters. The number of thiophene rings is 1. The topological polar surface area (TPSA) is 115 Å². The van der Waals surface area contributed by atoms with Crippen LogP contribution in [0.2, 0.25) is 5.02 Å². The van der Waals surface area contributed by atoms with E-state index in [0.29, 0.717) is 26.8 Å². The van der Waals surface area contributed by atoms with E-state index in [1.165, 1.54) is 11.3 Å². The number of carbonyl (C=O) groups excluding carboxylic acids is 2. The van der Waals surface area contributed by atoms with Gasteiger partial charge in [0.1, 0.15) is 11.8 Å². The minimum absolute atomic E-state index is 0.341. The molecule has 3 aromatic rings. The molecule has 0 aliphatic rings. The van der Waals surface area contributed by atoms with Crippen LogP contribution < -0.4 is 15.8 Å². The van der Waals surface area contributed by atoms with Crippen molar-refractivity contribution in [2.24, 2.45) is 5.73 Å². The smallest absolute Gasteiger partial charge is 0.262 e. The lowest BCUT2D eigenvalue weighted by atomic mass is 10.2. The van der Waals surface area contributed by atoms with Crippen LogP contribution in [0.15, 0.2) is 42.7 Å². The molecule has 7 nitrogen and oxygen atoms in total. The molecule has 0 radical (unpaired) electrons. The highest BCUT2D eigenvalue weighted by Crippen LogP contribution is 2.34. The van der Waals surface area contributed by atoms with Gasteiger partial charge in [-0.15, -0.1) is 11.3 Å². The highest BCUT2D eigenvalue weighted by atomic mass is 35.5. The zero-order valence-electron chi connectivity index (χ0n) is 13.3. The van der Waals surface area contributed by atoms with Gasteiger partial charge < -0.3 is 20.9 Å². The summed E-state index contributed by atoms with van der Waals surface area (Å²) in [6, 6.07) is 7.35. The minimum Gasteiger partial charge on any atom is -0.455 e. The molecule has 0 aliphatic heterocycles. The number of aliphatic hydroxyl groups is 1. The number of ether oxygens (including phenoxy) is 1. The van der Waals surface area contributed by atoms with Gasteiger partial charge in [0.15, 0.2) is 5.75 Å². The van der Waals surface area contributed by atoms with Crippen molar-refractivity contribution in [2.45, 2.75) is 6.04 Å². The first kappa shape index (κ1) is 18.1. The normalized spacial score (nSPS) is 11.9. The number of primary amides is 1. The second kappa shape index (κ2) is 7.69. The Kier molecular flexibility index (Phi) is 5.36. The number of fused-ring (bicyclic) bond motifs is 1. The van der Waals surface area contributed by atoms with Gasteiger partial charge in [0.2, 0.25) is 5.91 Å². The van der Waals surface area contributed by atoms with Crippen molar-refractivity contribution < 1.29 is 19.4 Å². The van der Waals surface area contributed by atoms with Crippen LogP contribution >= 0.6 is 22.9 Å². The van der Waals surface area contributed by atoms with E-state index in [9.17, 15) is 9.59 Å². The third-order valence-corrected chi connectivity index (χ3v) is 4.83. The van der Waals surface area contributed by atoms with Crippen LogP contribution in [0, 0.1) is 0 Å². The Morgan fingerprint density at radius 3 is 2.69 bits per heavy atom. The number of aromatic nitrogens is 1. The summed E-state index contributed by atoms with van der Waals surface area (Å²) in [5, 5.41) is 12.8. The van der Waals surface area contributed by atoms with Gasteiger partial charge >= 0.3 is 0 Å². The van der Waals surface area contributed by atoms with Crippen molar-refractivity contribution in [3.05, 3.63) is 52.6 Å². The average molecular weight is 392 g/mol. The Labute approximate surface area is 157 Å². The number of hydrogen-bond acceptors (Lipinski definition) is 6. The average Bonchev–Trinajstić information content (AvgIpc) is 3.06. The lowest BCUT2D eigenvalue weighted by molar-refractivity contribution is -0.120. The molecule has 0 saturated carbocycles. The van der Waals surface area contributed by atoms with E-state index in [0.717, 1.165) is 4.70 Å². The Balaban J connectivity index is 1.87. The Bertz CT molecular complexity index is 958. The molecule has 0 spiro atoms. The van der Waals surface area contributed by atoms with Gasteiger partial charge in [-0.25, -0.2) is 0 Å². The molecule has 9 heteroatoms. The van der Waals surface area contributed by atoms with Crippen LogP contribution in [0.4, 0.5) is 0 Å². The largest absolute Gasteiger partial charge is 0.455 e. The maximum atomic E-state index is 12.3. The first-order chi connectivity index (χ1) is 12.5. The molecule has 2 heterocycles. The van der Waals surface area contributed by atoms with Crippen LogP contribution in [0.3, 0.4) is 0 Å². The van der Waals surface area contributed by atoms with Gasteiger partial charge in [-0.2, -0.15) is 0 Å². The van der Waals surface area contributed by atoms with Crippen molar-refractivity contribution in [3.8, 4) is 11.5 Å². The second-order valence-electron chi connectivity index (χ2n) is 5.33. The number of rotatable bonds is 6. The fraction of sp³-hybridized carbons (Fsp3) is 0.118. The molecule has 134 valence electrons. The number of hydrogen-bond donors (Lipinski definition) is 3. The summed E-state index contributed by atoms with van der Waals surface area (Å²) >= 11 is 7.05. The van der Waals surface area contributed by atoms with E-state index in [1.54, 1.807) is 42.7 Å².